The molecule has 2 N–H and O–H groups in total. The van der Waals surface area contributed by atoms with Gasteiger partial charge in [0.05, 0.1) is 12.2 Å². The molecule has 25 heavy (non-hydrogen) atoms. The Morgan fingerprint density at radius 2 is 1.72 bits per heavy atom. The van der Waals surface area contributed by atoms with E-state index in [1.165, 1.54) is 0 Å². The smallest absolute Gasteiger partial charge is 0.259 e. The minimum atomic E-state index is -0.209. The van der Waals surface area contributed by atoms with Gasteiger partial charge in [0.15, 0.2) is 0 Å². The van der Waals surface area contributed by atoms with Crippen LogP contribution in [0.25, 0.3) is 10.8 Å². The molecule has 1 amide bonds. The van der Waals surface area contributed by atoms with Crippen molar-refractivity contribution in [2.24, 2.45) is 0 Å². The zero-order chi connectivity index (χ0) is 17.6. The Morgan fingerprint density at radius 3 is 2.44 bits per heavy atom. The van der Waals surface area contributed by atoms with Crippen LogP contribution in [-0.4, -0.2) is 24.2 Å². The molecular formula is C21H21NO3. The summed E-state index contributed by atoms with van der Waals surface area (Å²) < 4.78 is 5.75. The number of ether oxygens (including phenoxy) is 1. The summed E-state index contributed by atoms with van der Waals surface area (Å²) in [6.45, 7) is 2.37. The minimum Gasteiger partial charge on any atom is -0.493 e. The van der Waals surface area contributed by atoms with E-state index in [-0.39, 0.29) is 12.5 Å². The summed E-state index contributed by atoms with van der Waals surface area (Å²) in [6, 6.07) is 19.2. The van der Waals surface area contributed by atoms with E-state index >= 15 is 0 Å². The van der Waals surface area contributed by atoms with Gasteiger partial charge in [-0.05, 0) is 41.5 Å². The topological polar surface area (TPSA) is 58.6 Å². The number of carbonyl (C=O) groups is 1. The van der Waals surface area contributed by atoms with E-state index in [2.05, 4.69) is 5.32 Å². The first-order valence-electron chi connectivity index (χ1n) is 8.32. The fraction of sp³-hybridized carbons (Fsp3) is 0.190. The van der Waals surface area contributed by atoms with Crippen molar-refractivity contribution >= 4 is 22.4 Å². The van der Waals surface area contributed by atoms with Gasteiger partial charge in [0.1, 0.15) is 5.75 Å². The Labute approximate surface area is 147 Å². The molecule has 0 unspecified atom stereocenters. The minimum absolute atomic E-state index is 0.0539. The van der Waals surface area contributed by atoms with E-state index in [0.29, 0.717) is 24.3 Å². The van der Waals surface area contributed by atoms with Gasteiger partial charge in [-0.3, -0.25) is 4.79 Å². The maximum absolute atomic E-state index is 12.8. The summed E-state index contributed by atoms with van der Waals surface area (Å²) in [6.07, 6.45) is 0.520. The van der Waals surface area contributed by atoms with Crippen LogP contribution in [0.1, 0.15) is 22.3 Å². The first-order chi connectivity index (χ1) is 12.2. The zero-order valence-electron chi connectivity index (χ0n) is 14.2. The number of fused-ring (bicyclic) bond motifs is 1. The lowest BCUT2D eigenvalue weighted by atomic mass is 10.0. The second-order valence-corrected chi connectivity index (χ2v) is 5.89. The third-order valence-electron chi connectivity index (χ3n) is 4.05. The van der Waals surface area contributed by atoms with Crippen LogP contribution < -0.4 is 10.1 Å². The SMILES string of the molecule is Cc1ccccc1NC(=O)c1cc2ccccc2cc1OCCCO. The second kappa shape index (κ2) is 7.81. The summed E-state index contributed by atoms with van der Waals surface area (Å²) in [5.74, 6) is 0.317. The second-order valence-electron chi connectivity index (χ2n) is 5.89. The maximum Gasteiger partial charge on any atom is 0.259 e. The normalized spacial score (nSPS) is 10.6. The van der Waals surface area contributed by atoms with Crippen molar-refractivity contribution in [2.75, 3.05) is 18.5 Å². The molecule has 0 spiro atoms. The molecule has 4 nitrogen and oxygen atoms in total. The largest absolute Gasteiger partial charge is 0.493 e. The Bertz CT molecular complexity index is 889. The van der Waals surface area contributed by atoms with Crippen LogP contribution in [0.2, 0.25) is 0 Å². The van der Waals surface area contributed by atoms with Crippen LogP contribution in [0.15, 0.2) is 60.7 Å². The third kappa shape index (κ3) is 3.98. The van der Waals surface area contributed by atoms with Crippen LogP contribution in [-0.2, 0) is 0 Å². The number of nitrogens with one attached hydrogen (secondary N) is 1. The molecule has 0 bridgehead atoms. The number of aryl methyl sites for hydroxylation is 1. The number of carbonyl (C=O) groups excluding carboxylic acids is 1. The average Bonchev–Trinajstić information content (AvgIpc) is 2.63. The van der Waals surface area contributed by atoms with Crippen molar-refractivity contribution in [1.82, 2.24) is 0 Å². The maximum atomic E-state index is 12.8. The Kier molecular flexibility index (Phi) is 5.31. The molecule has 128 valence electrons. The molecular weight excluding hydrogens is 314 g/mol. The molecule has 0 aromatic heterocycles. The van der Waals surface area contributed by atoms with Crippen LogP contribution >= 0.6 is 0 Å². The average molecular weight is 335 g/mol. The van der Waals surface area contributed by atoms with Crippen LogP contribution in [0.3, 0.4) is 0 Å². The highest BCUT2D eigenvalue weighted by molar-refractivity contribution is 6.09. The van der Waals surface area contributed by atoms with Crippen molar-refractivity contribution in [3.63, 3.8) is 0 Å². The number of amides is 1. The first kappa shape index (κ1) is 17.0. The molecule has 3 aromatic carbocycles. The number of aliphatic hydroxyl groups excluding tert-OH is 1. The van der Waals surface area contributed by atoms with Gasteiger partial charge in [-0.15, -0.1) is 0 Å². The summed E-state index contributed by atoms with van der Waals surface area (Å²) in [5.41, 5.74) is 2.27. The van der Waals surface area contributed by atoms with Gasteiger partial charge in [-0.2, -0.15) is 0 Å². The van der Waals surface area contributed by atoms with E-state index in [4.69, 9.17) is 9.84 Å². The summed E-state index contributed by atoms with van der Waals surface area (Å²) >= 11 is 0. The van der Waals surface area contributed by atoms with Gasteiger partial charge in [0.2, 0.25) is 0 Å². The van der Waals surface area contributed by atoms with Crippen LogP contribution in [0.4, 0.5) is 5.69 Å². The van der Waals surface area contributed by atoms with Gasteiger partial charge in [0.25, 0.3) is 5.91 Å². The van der Waals surface area contributed by atoms with E-state index in [1.807, 2.05) is 67.6 Å². The van der Waals surface area contributed by atoms with Crippen molar-refractivity contribution in [3.8, 4) is 5.75 Å². The lowest BCUT2D eigenvalue weighted by Gasteiger charge is -2.14. The van der Waals surface area contributed by atoms with Crippen LogP contribution in [0, 0.1) is 6.92 Å². The summed E-state index contributed by atoms with van der Waals surface area (Å²) in [4.78, 5) is 12.8. The Hall–Kier alpha value is -2.85. The predicted molar refractivity (Wildman–Crippen MR) is 100 cm³/mol. The molecule has 0 aliphatic carbocycles. The molecule has 3 aromatic rings. The van der Waals surface area contributed by atoms with Gasteiger partial charge < -0.3 is 15.2 Å². The van der Waals surface area contributed by atoms with Gasteiger partial charge in [0, 0.05) is 18.7 Å². The molecule has 3 rings (SSSR count). The van der Waals surface area contributed by atoms with Crippen molar-refractivity contribution in [3.05, 3.63) is 71.8 Å². The monoisotopic (exact) mass is 335 g/mol. The van der Waals surface area contributed by atoms with Crippen molar-refractivity contribution in [1.29, 1.82) is 0 Å². The zero-order valence-corrected chi connectivity index (χ0v) is 14.2. The van der Waals surface area contributed by atoms with E-state index in [0.717, 1.165) is 22.0 Å². The molecule has 0 radical (unpaired) electrons. The quantitative estimate of drug-likeness (QED) is 0.665. The first-order valence-corrected chi connectivity index (χ1v) is 8.32. The van der Waals surface area contributed by atoms with E-state index < -0.39 is 0 Å². The summed E-state index contributed by atoms with van der Waals surface area (Å²) in [7, 11) is 0. The molecule has 0 aliphatic rings. The molecule has 4 heteroatoms. The van der Waals surface area contributed by atoms with E-state index in [9.17, 15) is 4.79 Å². The van der Waals surface area contributed by atoms with Crippen molar-refractivity contribution in [2.45, 2.75) is 13.3 Å². The van der Waals surface area contributed by atoms with Gasteiger partial charge in [-0.1, -0.05) is 42.5 Å². The van der Waals surface area contributed by atoms with Gasteiger partial charge >= 0.3 is 0 Å². The molecule has 0 aliphatic heterocycles. The molecule has 0 fully saturated rings. The van der Waals surface area contributed by atoms with Gasteiger partial charge in [-0.25, -0.2) is 0 Å². The van der Waals surface area contributed by atoms with E-state index in [1.54, 1.807) is 0 Å². The number of benzene rings is 3. The lowest BCUT2D eigenvalue weighted by molar-refractivity contribution is 0.102. The molecule has 0 atom stereocenters. The Morgan fingerprint density at radius 1 is 1.04 bits per heavy atom. The molecule has 0 saturated carbocycles. The number of rotatable bonds is 6. The lowest BCUT2D eigenvalue weighted by Crippen LogP contribution is -2.15. The number of anilines is 1. The highest BCUT2D eigenvalue weighted by atomic mass is 16.5. The fourth-order valence-corrected chi connectivity index (χ4v) is 2.67. The highest BCUT2D eigenvalue weighted by Gasteiger charge is 2.15. The number of para-hydroxylation sites is 1. The van der Waals surface area contributed by atoms with Crippen molar-refractivity contribution < 1.29 is 14.6 Å². The summed E-state index contributed by atoms with van der Waals surface area (Å²) in [5, 5.41) is 13.9. The molecule has 0 saturated heterocycles. The molecule has 0 heterocycles. The van der Waals surface area contributed by atoms with Crippen LogP contribution in [0.5, 0.6) is 5.75 Å². The Balaban J connectivity index is 1.95. The highest BCUT2D eigenvalue weighted by Crippen LogP contribution is 2.27. The number of hydrogen-bond acceptors (Lipinski definition) is 3. The third-order valence-corrected chi connectivity index (χ3v) is 4.05. The standard InChI is InChI=1S/C21H21NO3/c1-15-7-2-5-10-19(15)22-21(24)18-13-16-8-3-4-9-17(16)14-20(18)25-12-6-11-23/h2-5,7-10,13-14,23H,6,11-12H2,1H3,(H,22,24). The number of hydrogen-bond donors (Lipinski definition) is 2. The predicted octanol–water partition coefficient (Wildman–Crippen LogP) is 4.16. The fourth-order valence-electron chi connectivity index (χ4n) is 2.67. The number of aliphatic hydroxyl groups is 1.